The van der Waals surface area contributed by atoms with Crippen LogP contribution in [0.15, 0.2) is 36.4 Å². The van der Waals surface area contributed by atoms with Crippen LogP contribution in [-0.4, -0.2) is 183 Å². The molecule has 0 atom stereocenters. The first-order valence-electron chi connectivity index (χ1n) is 19.3. The van der Waals surface area contributed by atoms with E-state index in [0.29, 0.717) is 157 Å². The van der Waals surface area contributed by atoms with Gasteiger partial charge in [0.2, 0.25) is 0 Å². The Bertz CT molecular complexity index is 1090. The van der Waals surface area contributed by atoms with Crippen LogP contribution in [0, 0.1) is 0 Å². The van der Waals surface area contributed by atoms with Crippen LogP contribution < -0.4 is 18.9 Å². The van der Waals surface area contributed by atoms with Crippen LogP contribution in [0.4, 0.5) is 0 Å². The standard InChI is InChI=1S/C40H66O16/c1-43-37-29-35(30-38(33-37)44-2)3-4-36-31-39(55-27-25-53-23-21-51-19-17-49-15-13-47-11-9-45-7-5-41)34-40(32-36)56-28-26-54-24-22-52-20-18-50-16-14-48-12-10-46-8-6-42/h29-34,41-42H,3-28H2,1-2H3. The van der Waals surface area contributed by atoms with E-state index in [9.17, 15) is 0 Å². The zero-order valence-electron chi connectivity index (χ0n) is 33.5. The van der Waals surface area contributed by atoms with Crippen LogP contribution in [-0.2, 0) is 60.2 Å². The topological polar surface area (TPSA) is 170 Å². The van der Waals surface area contributed by atoms with Crippen LogP contribution in [0.2, 0.25) is 0 Å². The molecule has 0 amide bonds. The summed E-state index contributed by atoms with van der Waals surface area (Å²) in [5, 5.41) is 17.3. The van der Waals surface area contributed by atoms with Crippen molar-refractivity contribution in [1.29, 1.82) is 0 Å². The lowest BCUT2D eigenvalue weighted by molar-refractivity contribution is -0.0147. The molecule has 0 unspecified atom stereocenters. The lowest BCUT2D eigenvalue weighted by atomic mass is 10.0. The van der Waals surface area contributed by atoms with Gasteiger partial charge in [-0.2, -0.15) is 0 Å². The zero-order valence-corrected chi connectivity index (χ0v) is 33.5. The van der Waals surface area contributed by atoms with Gasteiger partial charge in [-0.15, -0.1) is 0 Å². The maximum absolute atomic E-state index is 8.66. The van der Waals surface area contributed by atoms with E-state index < -0.39 is 0 Å². The van der Waals surface area contributed by atoms with Crippen molar-refractivity contribution in [2.75, 3.05) is 173 Å². The number of aliphatic hydroxyl groups excluding tert-OH is 2. The molecule has 0 saturated heterocycles. The monoisotopic (exact) mass is 802 g/mol. The van der Waals surface area contributed by atoms with Crippen molar-refractivity contribution in [1.82, 2.24) is 0 Å². The number of rotatable bonds is 41. The zero-order chi connectivity index (χ0) is 40.0. The Balaban J connectivity index is 1.65. The van der Waals surface area contributed by atoms with Gasteiger partial charge >= 0.3 is 0 Å². The van der Waals surface area contributed by atoms with E-state index in [0.717, 1.165) is 35.5 Å². The van der Waals surface area contributed by atoms with Crippen LogP contribution in [0.3, 0.4) is 0 Å². The first kappa shape index (κ1) is 49.3. The summed E-state index contributed by atoms with van der Waals surface area (Å²) >= 11 is 0. The lowest BCUT2D eigenvalue weighted by Crippen LogP contribution is -2.15. The van der Waals surface area contributed by atoms with E-state index in [-0.39, 0.29) is 13.2 Å². The summed E-state index contributed by atoms with van der Waals surface area (Å²) in [4.78, 5) is 0. The molecule has 0 aliphatic carbocycles. The molecule has 2 aromatic rings. The average Bonchev–Trinajstić information content (AvgIpc) is 3.22. The lowest BCUT2D eigenvalue weighted by Gasteiger charge is -2.14. The largest absolute Gasteiger partial charge is 0.497 e. The molecule has 0 aliphatic heterocycles. The Labute approximate surface area is 332 Å². The first-order valence-corrected chi connectivity index (χ1v) is 19.3. The van der Waals surface area contributed by atoms with Crippen molar-refractivity contribution in [2.45, 2.75) is 12.8 Å². The van der Waals surface area contributed by atoms with E-state index >= 15 is 0 Å². The molecule has 0 aromatic heterocycles. The maximum atomic E-state index is 8.66. The minimum absolute atomic E-state index is 0.0110. The molecule has 16 heteroatoms. The van der Waals surface area contributed by atoms with Crippen LogP contribution in [0.1, 0.15) is 11.1 Å². The molecular formula is C40H66O16. The van der Waals surface area contributed by atoms with E-state index in [1.807, 2.05) is 36.4 Å². The van der Waals surface area contributed by atoms with Gasteiger partial charge in [-0.05, 0) is 48.2 Å². The fraction of sp³-hybridized carbons (Fsp3) is 0.700. The molecular weight excluding hydrogens is 736 g/mol. The molecule has 0 aliphatic rings. The number of benzene rings is 2. The molecule has 0 spiro atoms. The maximum Gasteiger partial charge on any atom is 0.123 e. The summed E-state index contributed by atoms with van der Waals surface area (Å²) in [6.45, 7) is 9.63. The fourth-order valence-corrected chi connectivity index (χ4v) is 4.77. The number of aryl methyl sites for hydroxylation is 2. The van der Waals surface area contributed by atoms with Crippen molar-refractivity contribution in [3.63, 3.8) is 0 Å². The molecule has 2 rings (SSSR count). The van der Waals surface area contributed by atoms with Gasteiger partial charge in [-0.3, -0.25) is 0 Å². The highest BCUT2D eigenvalue weighted by Crippen LogP contribution is 2.27. The van der Waals surface area contributed by atoms with Crippen molar-refractivity contribution in [3.8, 4) is 23.0 Å². The second kappa shape index (κ2) is 36.5. The Kier molecular flexibility index (Phi) is 32.1. The Morgan fingerprint density at radius 1 is 0.304 bits per heavy atom. The Morgan fingerprint density at radius 2 is 0.536 bits per heavy atom. The van der Waals surface area contributed by atoms with Crippen LogP contribution in [0.25, 0.3) is 0 Å². The Hall–Kier alpha value is -2.84. The summed E-state index contributed by atoms with van der Waals surface area (Å²) in [5.74, 6) is 2.87. The third kappa shape index (κ3) is 27.7. The minimum atomic E-state index is 0.0110. The van der Waals surface area contributed by atoms with Crippen LogP contribution in [0.5, 0.6) is 23.0 Å². The summed E-state index contributed by atoms with van der Waals surface area (Å²) in [5.41, 5.74) is 2.15. The molecule has 0 bridgehead atoms. The average molecular weight is 803 g/mol. The second-order valence-corrected chi connectivity index (χ2v) is 11.8. The highest BCUT2D eigenvalue weighted by molar-refractivity contribution is 5.41. The molecule has 0 radical (unpaired) electrons. The van der Waals surface area contributed by atoms with Gasteiger partial charge < -0.3 is 76.5 Å². The SMILES string of the molecule is COc1cc(CCc2cc(OCCOCCOCCOCCOCCOCCO)cc(OCCOCCOCCOCCOCCOCCO)c2)cc(OC)c1. The third-order valence-corrected chi connectivity index (χ3v) is 7.49. The quantitative estimate of drug-likeness (QED) is 0.0940. The molecule has 2 N–H and O–H groups in total. The normalized spacial score (nSPS) is 11.3. The van der Waals surface area contributed by atoms with Crippen LogP contribution >= 0.6 is 0 Å². The highest BCUT2D eigenvalue weighted by atomic mass is 16.6. The molecule has 16 nitrogen and oxygen atoms in total. The van der Waals surface area contributed by atoms with Gasteiger partial charge in [0.25, 0.3) is 0 Å². The molecule has 0 heterocycles. The van der Waals surface area contributed by atoms with Crippen molar-refractivity contribution in [2.24, 2.45) is 0 Å². The van der Waals surface area contributed by atoms with E-state index in [2.05, 4.69) is 0 Å². The number of methoxy groups -OCH3 is 2. The van der Waals surface area contributed by atoms with E-state index in [1.165, 1.54) is 0 Å². The van der Waals surface area contributed by atoms with Gasteiger partial charge in [0.1, 0.15) is 36.2 Å². The fourth-order valence-electron chi connectivity index (χ4n) is 4.77. The molecule has 0 saturated carbocycles. The van der Waals surface area contributed by atoms with Crippen molar-refractivity contribution < 1.29 is 76.5 Å². The second-order valence-electron chi connectivity index (χ2n) is 11.8. The molecule has 0 fully saturated rings. The predicted octanol–water partition coefficient (Wildman–Crippen LogP) is 2.40. The van der Waals surface area contributed by atoms with Gasteiger partial charge in [-0.25, -0.2) is 0 Å². The molecule has 56 heavy (non-hydrogen) atoms. The number of hydrogen-bond donors (Lipinski definition) is 2. The van der Waals surface area contributed by atoms with Gasteiger partial charge in [-0.1, -0.05) is 0 Å². The first-order chi connectivity index (χ1) is 27.7. The smallest absolute Gasteiger partial charge is 0.123 e. The van der Waals surface area contributed by atoms with Gasteiger partial charge in [0.05, 0.1) is 160 Å². The summed E-state index contributed by atoms with van der Waals surface area (Å²) in [6, 6.07) is 11.8. The third-order valence-electron chi connectivity index (χ3n) is 7.49. The van der Waals surface area contributed by atoms with E-state index in [1.54, 1.807) is 14.2 Å². The number of aliphatic hydroxyl groups is 2. The summed E-state index contributed by atoms with van der Waals surface area (Å²) < 4.78 is 77.4. The number of ether oxygens (including phenoxy) is 14. The highest BCUT2D eigenvalue weighted by Gasteiger charge is 2.08. The molecule has 2 aromatic carbocycles. The number of hydrogen-bond acceptors (Lipinski definition) is 16. The van der Waals surface area contributed by atoms with Gasteiger partial charge in [0.15, 0.2) is 0 Å². The molecule has 322 valence electrons. The van der Waals surface area contributed by atoms with Gasteiger partial charge in [0, 0.05) is 12.1 Å². The minimum Gasteiger partial charge on any atom is -0.497 e. The van der Waals surface area contributed by atoms with Crippen molar-refractivity contribution in [3.05, 3.63) is 47.5 Å². The van der Waals surface area contributed by atoms with Crippen molar-refractivity contribution >= 4 is 0 Å². The summed E-state index contributed by atoms with van der Waals surface area (Å²) in [7, 11) is 3.29. The Morgan fingerprint density at radius 3 is 0.804 bits per heavy atom. The summed E-state index contributed by atoms with van der Waals surface area (Å²) in [6.07, 6.45) is 1.52. The predicted molar refractivity (Wildman–Crippen MR) is 207 cm³/mol. The van der Waals surface area contributed by atoms with E-state index in [4.69, 9.17) is 76.5 Å².